The van der Waals surface area contributed by atoms with Crippen molar-refractivity contribution in [1.29, 1.82) is 0 Å². The van der Waals surface area contributed by atoms with E-state index in [1.54, 1.807) is 0 Å². The van der Waals surface area contributed by atoms with E-state index in [9.17, 15) is 0 Å². The van der Waals surface area contributed by atoms with Crippen molar-refractivity contribution in [3.05, 3.63) is 102 Å². The van der Waals surface area contributed by atoms with Gasteiger partial charge in [-0.2, -0.15) is 0 Å². The van der Waals surface area contributed by atoms with Crippen molar-refractivity contribution in [1.82, 2.24) is 10.2 Å². The Labute approximate surface area is 160 Å². The Morgan fingerprint density at radius 3 is 1.65 bits per heavy atom. The lowest BCUT2D eigenvalue weighted by atomic mass is 10.2. The maximum atomic E-state index is 6.20. The molecular formula is C21H23N2OPS. The maximum Gasteiger partial charge on any atom is 0.248 e. The zero-order valence-electron chi connectivity index (χ0n) is 14.8. The number of benzene rings is 3. The molecule has 0 bridgehead atoms. The predicted octanol–water partition coefficient (Wildman–Crippen LogP) is 5.18. The summed E-state index contributed by atoms with van der Waals surface area (Å²) in [5.41, 5.74) is 3.55. The van der Waals surface area contributed by atoms with E-state index >= 15 is 0 Å². The zero-order valence-corrected chi connectivity index (χ0v) is 16.5. The summed E-state index contributed by atoms with van der Waals surface area (Å²) in [7, 11) is 0. The minimum absolute atomic E-state index is 0.659. The molecule has 0 fully saturated rings. The smallest absolute Gasteiger partial charge is 0.248 e. The monoisotopic (exact) mass is 382 g/mol. The summed E-state index contributed by atoms with van der Waals surface area (Å²) < 4.78 is 6.20. The molecule has 5 heteroatoms. The Hall–Kier alpha value is -1.97. The minimum Gasteiger partial charge on any atom is -0.441 e. The minimum atomic E-state index is -2.45. The van der Waals surface area contributed by atoms with Crippen LogP contribution in [0.4, 0.5) is 0 Å². The summed E-state index contributed by atoms with van der Waals surface area (Å²) in [4.78, 5) is 0. The van der Waals surface area contributed by atoms with Crippen molar-refractivity contribution in [3.8, 4) is 5.75 Å². The lowest BCUT2D eigenvalue weighted by Crippen LogP contribution is -2.25. The van der Waals surface area contributed by atoms with Gasteiger partial charge in [-0.1, -0.05) is 78.4 Å². The van der Waals surface area contributed by atoms with Crippen molar-refractivity contribution >= 4 is 18.4 Å². The number of hydrogen-bond donors (Lipinski definition) is 2. The molecule has 0 aliphatic heterocycles. The van der Waals surface area contributed by atoms with Crippen LogP contribution in [-0.4, -0.2) is 0 Å². The van der Waals surface area contributed by atoms with Crippen LogP contribution in [0, 0.1) is 6.92 Å². The average molecular weight is 382 g/mol. The van der Waals surface area contributed by atoms with Crippen LogP contribution >= 0.6 is 6.57 Å². The highest BCUT2D eigenvalue weighted by molar-refractivity contribution is 8.10. The van der Waals surface area contributed by atoms with E-state index in [0.717, 1.165) is 5.75 Å². The first-order valence-electron chi connectivity index (χ1n) is 8.57. The molecule has 0 radical (unpaired) electrons. The Morgan fingerprint density at radius 1 is 0.731 bits per heavy atom. The normalized spacial score (nSPS) is 11.3. The van der Waals surface area contributed by atoms with Crippen LogP contribution in [0.25, 0.3) is 0 Å². The molecule has 3 aromatic carbocycles. The SMILES string of the molecule is Cc1ccc(OP(=S)(NCc2ccccc2)NCc2ccccc2)cc1. The molecule has 0 saturated heterocycles. The summed E-state index contributed by atoms with van der Waals surface area (Å²) in [5, 5.41) is 6.88. The molecule has 0 aliphatic carbocycles. The molecule has 0 atom stereocenters. The fourth-order valence-corrected chi connectivity index (χ4v) is 4.54. The fourth-order valence-electron chi connectivity index (χ4n) is 2.45. The lowest BCUT2D eigenvalue weighted by Gasteiger charge is -2.25. The van der Waals surface area contributed by atoms with Gasteiger partial charge in [-0.05, 0) is 42.0 Å². The first-order chi connectivity index (χ1) is 12.6. The van der Waals surface area contributed by atoms with Gasteiger partial charge in [0.05, 0.1) is 0 Å². The zero-order chi connectivity index (χ0) is 18.2. The van der Waals surface area contributed by atoms with E-state index in [0.29, 0.717) is 13.1 Å². The van der Waals surface area contributed by atoms with Gasteiger partial charge in [-0.15, -0.1) is 0 Å². The van der Waals surface area contributed by atoms with Crippen LogP contribution in [0.1, 0.15) is 16.7 Å². The van der Waals surface area contributed by atoms with Crippen molar-refractivity contribution in [2.75, 3.05) is 0 Å². The number of nitrogens with one attached hydrogen (secondary N) is 2. The van der Waals surface area contributed by atoms with Gasteiger partial charge >= 0.3 is 0 Å². The molecule has 0 unspecified atom stereocenters. The number of aryl methyl sites for hydroxylation is 1. The van der Waals surface area contributed by atoms with Crippen molar-refractivity contribution in [3.63, 3.8) is 0 Å². The topological polar surface area (TPSA) is 33.3 Å². The Balaban J connectivity index is 1.72. The summed E-state index contributed by atoms with van der Waals surface area (Å²) in [6.07, 6.45) is 0. The van der Waals surface area contributed by atoms with Crippen LogP contribution in [0.5, 0.6) is 5.75 Å². The van der Waals surface area contributed by atoms with Crippen LogP contribution < -0.4 is 14.7 Å². The molecule has 0 heterocycles. The van der Waals surface area contributed by atoms with E-state index in [2.05, 4.69) is 41.4 Å². The predicted molar refractivity (Wildman–Crippen MR) is 113 cm³/mol. The molecule has 26 heavy (non-hydrogen) atoms. The molecule has 0 amide bonds. The van der Waals surface area contributed by atoms with Crippen molar-refractivity contribution in [2.45, 2.75) is 20.0 Å². The van der Waals surface area contributed by atoms with Crippen LogP contribution in [-0.2, 0) is 24.9 Å². The highest BCUT2D eigenvalue weighted by Gasteiger charge is 2.18. The maximum absolute atomic E-state index is 6.20. The lowest BCUT2D eigenvalue weighted by molar-refractivity contribution is 0.575. The van der Waals surface area contributed by atoms with Gasteiger partial charge in [0.25, 0.3) is 0 Å². The van der Waals surface area contributed by atoms with E-state index in [4.69, 9.17) is 16.3 Å². The Morgan fingerprint density at radius 2 is 1.19 bits per heavy atom. The van der Waals surface area contributed by atoms with Gasteiger partial charge in [-0.25, -0.2) is 10.2 Å². The summed E-state index contributed by atoms with van der Waals surface area (Å²) in [6, 6.07) is 28.4. The van der Waals surface area contributed by atoms with E-state index < -0.39 is 6.57 Å². The third kappa shape index (κ3) is 5.79. The van der Waals surface area contributed by atoms with Crippen LogP contribution in [0.3, 0.4) is 0 Å². The van der Waals surface area contributed by atoms with Crippen molar-refractivity contribution < 1.29 is 4.52 Å². The molecule has 3 aromatic rings. The van der Waals surface area contributed by atoms with E-state index in [1.807, 2.05) is 60.7 Å². The summed E-state index contributed by atoms with van der Waals surface area (Å²) in [5.74, 6) is 0.778. The van der Waals surface area contributed by atoms with Crippen LogP contribution in [0.2, 0.25) is 0 Å². The fraction of sp³-hybridized carbons (Fsp3) is 0.143. The molecule has 0 saturated carbocycles. The second-order valence-corrected chi connectivity index (χ2v) is 9.56. The van der Waals surface area contributed by atoms with E-state index in [-0.39, 0.29) is 0 Å². The molecular weight excluding hydrogens is 359 g/mol. The highest BCUT2D eigenvalue weighted by atomic mass is 32.4. The summed E-state index contributed by atoms with van der Waals surface area (Å²) in [6.45, 7) is 0.920. The molecule has 134 valence electrons. The Kier molecular flexibility index (Phi) is 6.59. The van der Waals surface area contributed by atoms with Crippen LogP contribution in [0.15, 0.2) is 84.9 Å². The first kappa shape index (κ1) is 18.8. The number of rotatable bonds is 8. The molecule has 3 nitrogen and oxygen atoms in total. The third-order valence-corrected chi connectivity index (χ3v) is 6.54. The second kappa shape index (κ2) is 9.11. The average Bonchev–Trinajstić information content (AvgIpc) is 2.69. The summed E-state index contributed by atoms with van der Waals surface area (Å²) >= 11 is 5.88. The van der Waals surface area contributed by atoms with Gasteiger partial charge < -0.3 is 4.52 Å². The van der Waals surface area contributed by atoms with Gasteiger partial charge in [0.1, 0.15) is 5.75 Å². The van der Waals surface area contributed by atoms with Crippen molar-refractivity contribution in [2.24, 2.45) is 0 Å². The van der Waals surface area contributed by atoms with Gasteiger partial charge in [0, 0.05) is 13.1 Å². The molecule has 0 spiro atoms. The Bertz CT molecular complexity index is 807. The van der Waals surface area contributed by atoms with Gasteiger partial charge in [0.2, 0.25) is 6.57 Å². The molecule has 3 rings (SSSR count). The van der Waals surface area contributed by atoms with Gasteiger partial charge in [-0.3, -0.25) is 0 Å². The largest absolute Gasteiger partial charge is 0.441 e. The standard InChI is InChI=1S/C21H23N2OPS/c1-18-12-14-21(15-13-18)24-25(26,22-16-19-8-4-2-5-9-19)23-17-20-10-6-3-7-11-20/h2-15H,16-17H2,1H3,(H2,22,23,26). The quantitative estimate of drug-likeness (QED) is 0.526. The second-order valence-electron chi connectivity index (χ2n) is 6.10. The van der Waals surface area contributed by atoms with E-state index in [1.165, 1.54) is 16.7 Å². The molecule has 0 aromatic heterocycles. The van der Waals surface area contributed by atoms with Gasteiger partial charge in [0.15, 0.2) is 0 Å². The molecule has 0 aliphatic rings. The third-order valence-electron chi connectivity index (χ3n) is 3.92. The highest BCUT2D eigenvalue weighted by Crippen LogP contribution is 2.40. The number of hydrogen-bond acceptors (Lipinski definition) is 2. The molecule has 2 N–H and O–H groups in total. The first-order valence-corrected chi connectivity index (χ1v) is 11.3.